The maximum absolute atomic E-state index is 12.9. The van der Waals surface area contributed by atoms with E-state index in [1.54, 1.807) is 12.1 Å². The van der Waals surface area contributed by atoms with Crippen LogP contribution in [-0.2, 0) is 14.3 Å². The van der Waals surface area contributed by atoms with Gasteiger partial charge < -0.3 is 20.5 Å². The number of amides is 1. The predicted octanol–water partition coefficient (Wildman–Crippen LogP) is 2.44. The van der Waals surface area contributed by atoms with E-state index in [2.05, 4.69) is 5.32 Å². The van der Waals surface area contributed by atoms with Crippen molar-refractivity contribution < 1.29 is 19.5 Å². The first-order valence-corrected chi connectivity index (χ1v) is 7.46. The molecule has 2 aliphatic rings. The van der Waals surface area contributed by atoms with Gasteiger partial charge >= 0.3 is 5.97 Å². The molecule has 1 saturated heterocycles. The van der Waals surface area contributed by atoms with Gasteiger partial charge in [-0.25, -0.2) is 0 Å². The van der Waals surface area contributed by atoms with Crippen molar-refractivity contribution in [3.05, 3.63) is 29.5 Å². The summed E-state index contributed by atoms with van der Waals surface area (Å²) in [5.74, 6) is -0.851. The van der Waals surface area contributed by atoms with Gasteiger partial charge in [0.2, 0.25) is 0 Å². The SMILES string of the molecule is CC12CCC(C(=O)Nc3ccccc3N([O-])O)(OC1=O)C2(C)C. The molecule has 1 aromatic carbocycles. The number of benzene rings is 1. The predicted molar refractivity (Wildman–Crippen MR) is 82.6 cm³/mol. The van der Waals surface area contributed by atoms with Crippen LogP contribution in [-0.4, -0.2) is 22.7 Å². The number of carbonyl (C=O) groups excluding carboxylic acids is 2. The highest BCUT2D eigenvalue weighted by molar-refractivity contribution is 6.04. The van der Waals surface area contributed by atoms with Crippen LogP contribution in [0.3, 0.4) is 0 Å². The van der Waals surface area contributed by atoms with Gasteiger partial charge in [0.25, 0.3) is 5.91 Å². The van der Waals surface area contributed by atoms with E-state index in [4.69, 9.17) is 9.94 Å². The third-order valence-corrected chi connectivity index (χ3v) is 5.81. The molecule has 0 aromatic heterocycles. The Morgan fingerprint density at radius 1 is 1.30 bits per heavy atom. The average molecular weight is 319 g/mol. The minimum Gasteiger partial charge on any atom is -0.733 e. The van der Waals surface area contributed by atoms with Crippen LogP contribution in [0.5, 0.6) is 0 Å². The van der Waals surface area contributed by atoms with Gasteiger partial charge in [-0.1, -0.05) is 26.0 Å². The standard InChI is InChI=1S/C16H19N2O5/c1-14(2)15(3)8-9-16(14,23-13(15)20)12(19)17-10-6-4-5-7-11(10)18(21)22/h4-7,21H,8-9H2,1-3H3,(H,17,19)/q-1. The van der Waals surface area contributed by atoms with Gasteiger partial charge in [0.15, 0.2) is 5.60 Å². The Bertz CT molecular complexity index is 687. The molecule has 1 aliphatic carbocycles. The summed E-state index contributed by atoms with van der Waals surface area (Å²) < 4.78 is 5.50. The second kappa shape index (κ2) is 4.69. The van der Waals surface area contributed by atoms with E-state index in [0.717, 1.165) is 0 Å². The molecule has 23 heavy (non-hydrogen) atoms. The molecule has 0 radical (unpaired) electrons. The first-order valence-electron chi connectivity index (χ1n) is 7.46. The third kappa shape index (κ3) is 1.83. The molecule has 3 rings (SSSR count). The Labute approximate surface area is 133 Å². The summed E-state index contributed by atoms with van der Waals surface area (Å²) in [4.78, 5) is 25.1. The molecule has 2 unspecified atom stereocenters. The molecule has 2 atom stereocenters. The molecule has 1 heterocycles. The number of anilines is 2. The number of esters is 1. The minimum absolute atomic E-state index is 0.0832. The maximum Gasteiger partial charge on any atom is 0.313 e. The van der Waals surface area contributed by atoms with Crippen molar-refractivity contribution in [1.82, 2.24) is 0 Å². The average Bonchev–Trinajstić information content (AvgIpc) is 2.78. The largest absolute Gasteiger partial charge is 0.733 e. The first kappa shape index (κ1) is 15.8. The summed E-state index contributed by atoms with van der Waals surface area (Å²) >= 11 is 0. The lowest BCUT2D eigenvalue weighted by Crippen LogP contribution is -2.50. The van der Waals surface area contributed by atoms with Crippen LogP contribution in [0.4, 0.5) is 11.4 Å². The fourth-order valence-electron chi connectivity index (χ4n) is 3.72. The van der Waals surface area contributed by atoms with Gasteiger partial charge in [-0.2, -0.15) is 0 Å². The van der Waals surface area contributed by atoms with E-state index >= 15 is 0 Å². The summed E-state index contributed by atoms with van der Waals surface area (Å²) in [7, 11) is 0. The summed E-state index contributed by atoms with van der Waals surface area (Å²) in [6.07, 6.45) is 0.998. The zero-order valence-electron chi connectivity index (χ0n) is 13.3. The smallest absolute Gasteiger partial charge is 0.313 e. The van der Waals surface area contributed by atoms with Crippen LogP contribution in [0.2, 0.25) is 0 Å². The number of hydrogen-bond donors (Lipinski definition) is 2. The van der Waals surface area contributed by atoms with Crippen molar-refractivity contribution in [1.29, 1.82) is 0 Å². The van der Waals surface area contributed by atoms with Crippen LogP contribution in [0.25, 0.3) is 0 Å². The summed E-state index contributed by atoms with van der Waals surface area (Å²) in [6.45, 7) is 5.52. The molecule has 2 fully saturated rings. The van der Waals surface area contributed by atoms with Crippen molar-refractivity contribution in [3.63, 3.8) is 0 Å². The molecule has 7 nitrogen and oxygen atoms in total. The number of nitrogens with zero attached hydrogens (tertiary/aromatic N) is 1. The van der Waals surface area contributed by atoms with E-state index in [9.17, 15) is 14.8 Å². The van der Waals surface area contributed by atoms with Gasteiger partial charge in [0.1, 0.15) is 0 Å². The molecule has 1 amide bonds. The molecular weight excluding hydrogens is 300 g/mol. The minimum atomic E-state index is -1.27. The fourth-order valence-corrected chi connectivity index (χ4v) is 3.72. The zero-order valence-corrected chi connectivity index (χ0v) is 13.3. The van der Waals surface area contributed by atoms with Crippen molar-refractivity contribution in [2.75, 3.05) is 10.5 Å². The van der Waals surface area contributed by atoms with E-state index in [-0.39, 0.29) is 22.6 Å². The summed E-state index contributed by atoms with van der Waals surface area (Å²) in [5, 5.41) is 22.7. The Kier molecular flexibility index (Phi) is 3.21. The van der Waals surface area contributed by atoms with Gasteiger partial charge in [0.05, 0.1) is 16.8 Å². The second-order valence-electron chi connectivity index (χ2n) is 6.92. The molecule has 2 N–H and O–H groups in total. The molecule has 1 aromatic rings. The fraction of sp³-hybridized carbons (Fsp3) is 0.500. The maximum atomic E-state index is 12.9. The van der Waals surface area contributed by atoms with E-state index < -0.39 is 22.3 Å². The van der Waals surface area contributed by atoms with Crippen molar-refractivity contribution in [2.45, 2.75) is 39.2 Å². The topological polar surface area (TPSA) is 102 Å². The lowest BCUT2D eigenvalue weighted by atomic mass is 9.66. The highest BCUT2D eigenvalue weighted by Crippen LogP contribution is 2.65. The first-order chi connectivity index (χ1) is 10.7. The lowest BCUT2D eigenvalue weighted by Gasteiger charge is -2.35. The normalized spacial score (nSPS) is 30.9. The number of para-hydroxylation sites is 2. The molecule has 7 heteroatoms. The molecule has 124 valence electrons. The van der Waals surface area contributed by atoms with Gasteiger partial charge in [0, 0.05) is 5.41 Å². The highest BCUT2D eigenvalue weighted by atomic mass is 16.8. The van der Waals surface area contributed by atoms with Gasteiger partial charge in [-0.05, 0) is 31.9 Å². The van der Waals surface area contributed by atoms with Crippen LogP contribution in [0, 0.1) is 16.0 Å². The summed E-state index contributed by atoms with van der Waals surface area (Å²) in [5.41, 5.74) is -2.57. The number of carbonyl (C=O) groups is 2. The third-order valence-electron chi connectivity index (χ3n) is 5.81. The Morgan fingerprint density at radius 2 is 1.96 bits per heavy atom. The molecule has 1 saturated carbocycles. The van der Waals surface area contributed by atoms with Crippen LogP contribution in [0.15, 0.2) is 24.3 Å². The quantitative estimate of drug-likeness (QED) is 0.655. The van der Waals surface area contributed by atoms with Crippen molar-refractivity contribution in [3.8, 4) is 0 Å². The second-order valence-corrected chi connectivity index (χ2v) is 6.92. The van der Waals surface area contributed by atoms with Crippen LogP contribution >= 0.6 is 0 Å². The zero-order chi connectivity index (χ0) is 17.0. The van der Waals surface area contributed by atoms with E-state index in [0.29, 0.717) is 12.8 Å². The Morgan fingerprint density at radius 3 is 2.48 bits per heavy atom. The van der Waals surface area contributed by atoms with E-state index in [1.165, 1.54) is 12.1 Å². The number of rotatable bonds is 3. The van der Waals surface area contributed by atoms with Crippen LogP contribution in [0.1, 0.15) is 33.6 Å². The molecule has 1 aliphatic heterocycles. The van der Waals surface area contributed by atoms with Gasteiger partial charge in [-0.15, -0.1) is 0 Å². The summed E-state index contributed by atoms with van der Waals surface area (Å²) in [6, 6.07) is 6.08. The van der Waals surface area contributed by atoms with Crippen LogP contribution < -0.4 is 10.5 Å². The van der Waals surface area contributed by atoms with Gasteiger partial charge in [-0.3, -0.25) is 14.8 Å². The highest BCUT2D eigenvalue weighted by Gasteiger charge is 2.75. The molecule has 2 bridgehead atoms. The monoisotopic (exact) mass is 319 g/mol. The molecule has 0 spiro atoms. The van der Waals surface area contributed by atoms with Crippen molar-refractivity contribution in [2.24, 2.45) is 10.8 Å². The number of nitrogens with one attached hydrogen (secondary N) is 1. The number of hydrogen-bond acceptors (Lipinski definition) is 6. The number of fused-ring (bicyclic) bond motifs is 2. The number of ether oxygens (including phenoxy) is 1. The molecular formula is C16H19N2O5-. The van der Waals surface area contributed by atoms with Crippen molar-refractivity contribution >= 4 is 23.3 Å². The van der Waals surface area contributed by atoms with E-state index in [1.807, 2.05) is 20.8 Å². The lowest BCUT2D eigenvalue weighted by molar-refractivity contribution is -0.165. The Hall–Kier alpha value is -2.12. The Balaban J connectivity index is 1.95.